The second-order valence-corrected chi connectivity index (χ2v) is 6.46. The molecule has 1 fully saturated rings. The van der Waals surface area contributed by atoms with Gasteiger partial charge in [0, 0.05) is 19.0 Å². The third-order valence-corrected chi connectivity index (χ3v) is 4.49. The van der Waals surface area contributed by atoms with Gasteiger partial charge in [-0.25, -0.2) is 0 Å². The second-order valence-electron chi connectivity index (χ2n) is 6.46. The van der Waals surface area contributed by atoms with E-state index in [0.717, 1.165) is 25.8 Å². The molecule has 1 aliphatic rings. The molecular weight excluding hydrogens is 248 g/mol. The molecule has 0 atom stereocenters. The van der Waals surface area contributed by atoms with E-state index in [4.69, 9.17) is 5.73 Å². The predicted molar refractivity (Wildman–Crippen MR) is 85.6 cm³/mol. The van der Waals surface area contributed by atoms with Crippen LogP contribution >= 0.6 is 0 Å². The van der Waals surface area contributed by atoms with E-state index < -0.39 is 0 Å². The molecule has 0 aromatic heterocycles. The van der Waals surface area contributed by atoms with Gasteiger partial charge in [0.05, 0.1) is 0 Å². The maximum Gasteiger partial charge on any atom is 0.220 e. The zero-order chi connectivity index (χ0) is 14.6. The fraction of sp³-hybridized carbons (Fsp3) is 0.941. The van der Waals surface area contributed by atoms with Gasteiger partial charge in [0.15, 0.2) is 0 Å². The first-order chi connectivity index (χ1) is 9.72. The molecule has 0 radical (unpaired) electrons. The van der Waals surface area contributed by atoms with Crippen molar-refractivity contribution >= 4 is 5.91 Å². The molecule has 0 aromatic carbocycles. The van der Waals surface area contributed by atoms with Crippen LogP contribution in [0.2, 0.25) is 0 Å². The number of carbonyl (C=O) groups excluding carboxylic acids is 1. The Labute approximate surface area is 125 Å². The Morgan fingerprint density at radius 3 is 2.25 bits per heavy atom. The van der Waals surface area contributed by atoms with Crippen LogP contribution < -0.4 is 11.1 Å². The van der Waals surface area contributed by atoms with E-state index in [1.54, 1.807) is 0 Å². The zero-order valence-corrected chi connectivity index (χ0v) is 13.3. The van der Waals surface area contributed by atoms with Crippen molar-refractivity contribution in [1.29, 1.82) is 0 Å². The van der Waals surface area contributed by atoms with Crippen molar-refractivity contribution in [2.75, 3.05) is 6.54 Å². The number of carbonyl (C=O) groups is 1. The number of amides is 1. The summed E-state index contributed by atoms with van der Waals surface area (Å²) in [7, 11) is 0. The van der Waals surface area contributed by atoms with Crippen molar-refractivity contribution in [3.8, 4) is 0 Å². The molecule has 3 heteroatoms. The van der Waals surface area contributed by atoms with Gasteiger partial charge in [0.2, 0.25) is 5.91 Å². The number of unbranched alkanes of at least 4 members (excludes halogenated alkanes) is 6. The van der Waals surface area contributed by atoms with Crippen molar-refractivity contribution < 1.29 is 4.79 Å². The molecule has 1 amide bonds. The Bertz CT molecular complexity index is 247. The van der Waals surface area contributed by atoms with Gasteiger partial charge in [-0.05, 0) is 38.0 Å². The molecular formula is C17H34N2O. The smallest absolute Gasteiger partial charge is 0.220 e. The normalized spacial score (nSPS) is 22.7. The highest BCUT2D eigenvalue weighted by Crippen LogP contribution is 2.22. The summed E-state index contributed by atoms with van der Waals surface area (Å²) in [6, 6.07) is 0.398. The molecule has 0 aromatic rings. The highest BCUT2D eigenvalue weighted by molar-refractivity contribution is 5.75. The lowest BCUT2D eigenvalue weighted by atomic mass is 9.86. The van der Waals surface area contributed by atoms with E-state index in [9.17, 15) is 4.79 Å². The minimum Gasteiger partial charge on any atom is -0.356 e. The molecule has 0 aliphatic heterocycles. The fourth-order valence-electron chi connectivity index (χ4n) is 2.98. The average Bonchev–Trinajstić information content (AvgIpc) is 2.46. The molecule has 0 bridgehead atoms. The first kappa shape index (κ1) is 17.5. The van der Waals surface area contributed by atoms with Crippen LogP contribution in [0.4, 0.5) is 0 Å². The van der Waals surface area contributed by atoms with Crippen LogP contribution in [0.25, 0.3) is 0 Å². The second kappa shape index (κ2) is 11.1. The maximum absolute atomic E-state index is 11.7. The largest absolute Gasteiger partial charge is 0.356 e. The van der Waals surface area contributed by atoms with Crippen LogP contribution in [0.3, 0.4) is 0 Å². The standard InChI is InChI=1S/C17H34N2O/c1-2-3-4-5-6-7-8-9-17(20)19-14-15-10-12-16(18)13-11-15/h15-16H,2-14,18H2,1H3,(H,19,20). The monoisotopic (exact) mass is 282 g/mol. The topological polar surface area (TPSA) is 55.1 Å². The minimum absolute atomic E-state index is 0.244. The van der Waals surface area contributed by atoms with E-state index in [-0.39, 0.29) is 5.91 Å². The zero-order valence-electron chi connectivity index (χ0n) is 13.3. The number of hydrogen-bond donors (Lipinski definition) is 2. The third kappa shape index (κ3) is 8.57. The van der Waals surface area contributed by atoms with E-state index in [0.29, 0.717) is 18.4 Å². The highest BCUT2D eigenvalue weighted by atomic mass is 16.1. The summed E-state index contributed by atoms with van der Waals surface area (Å²) in [5, 5.41) is 3.10. The lowest BCUT2D eigenvalue weighted by molar-refractivity contribution is -0.121. The number of nitrogens with two attached hydrogens (primary N) is 1. The molecule has 20 heavy (non-hydrogen) atoms. The Balaban J connectivity index is 1.90. The molecule has 1 rings (SSSR count). The summed E-state index contributed by atoms with van der Waals surface area (Å²) >= 11 is 0. The minimum atomic E-state index is 0.244. The Hall–Kier alpha value is -0.570. The molecule has 3 nitrogen and oxygen atoms in total. The lowest BCUT2D eigenvalue weighted by Crippen LogP contribution is -2.34. The maximum atomic E-state index is 11.7. The van der Waals surface area contributed by atoms with Crippen LogP contribution in [0.5, 0.6) is 0 Å². The molecule has 0 saturated heterocycles. The summed E-state index contributed by atoms with van der Waals surface area (Å²) < 4.78 is 0. The molecule has 3 N–H and O–H groups in total. The van der Waals surface area contributed by atoms with Gasteiger partial charge in [-0.3, -0.25) is 4.79 Å². The summed E-state index contributed by atoms with van der Waals surface area (Å²) in [6.45, 7) is 3.10. The van der Waals surface area contributed by atoms with Gasteiger partial charge in [0.25, 0.3) is 0 Å². The van der Waals surface area contributed by atoms with Crippen LogP contribution in [0, 0.1) is 5.92 Å². The molecule has 1 saturated carbocycles. The number of rotatable bonds is 10. The van der Waals surface area contributed by atoms with E-state index in [1.165, 1.54) is 51.4 Å². The Morgan fingerprint density at radius 1 is 1.00 bits per heavy atom. The average molecular weight is 282 g/mol. The van der Waals surface area contributed by atoms with Gasteiger partial charge < -0.3 is 11.1 Å². The molecule has 1 aliphatic carbocycles. The van der Waals surface area contributed by atoms with Gasteiger partial charge in [-0.1, -0.05) is 45.4 Å². The van der Waals surface area contributed by atoms with Gasteiger partial charge >= 0.3 is 0 Å². The van der Waals surface area contributed by atoms with Crippen LogP contribution in [0.15, 0.2) is 0 Å². The SMILES string of the molecule is CCCCCCCCCC(=O)NCC1CCC(N)CC1. The van der Waals surface area contributed by atoms with Crippen LogP contribution in [-0.2, 0) is 4.79 Å². The highest BCUT2D eigenvalue weighted by Gasteiger charge is 2.18. The van der Waals surface area contributed by atoms with Crippen LogP contribution in [0.1, 0.15) is 84.0 Å². The van der Waals surface area contributed by atoms with Crippen molar-refractivity contribution in [1.82, 2.24) is 5.32 Å². The van der Waals surface area contributed by atoms with Crippen LogP contribution in [-0.4, -0.2) is 18.5 Å². The third-order valence-electron chi connectivity index (χ3n) is 4.49. The quantitative estimate of drug-likeness (QED) is 0.599. The summed E-state index contributed by atoms with van der Waals surface area (Å²) in [4.78, 5) is 11.7. The van der Waals surface area contributed by atoms with Crippen molar-refractivity contribution in [2.45, 2.75) is 90.0 Å². The van der Waals surface area contributed by atoms with E-state index >= 15 is 0 Å². The van der Waals surface area contributed by atoms with Crippen molar-refractivity contribution in [3.63, 3.8) is 0 Å². The van der Waals surface area contributed by atoms with Gasteiger partial charge in [0.1, 0.15) is 0 Å². The predicted octanol–water partition coefficient (Wildman–Crippen LogP) is 3.76. The molecule has 0 unspecified atom stereocenters. The van der Waals surface area contributed by atoms with Crippen molar-refractivity contribution in [2.24, 2.45) is 11.7 Å². The van der Waals surface area contributed by atoms with E-state index in [2.05, 4.69) is 12.2 Å². The van der Waals surface area contributed by atoms with Crippen molar-refractivity contribution in [3.05, 3.63) is 0 Å². The molecule has 0 spiro atoms. The summed E-state index contributed by atoms with van der Waals surface area (Å²) in [6.07, 6.45) is 14.2. The Morgan fingerprint density at radius 2 is 1.60 bits per heavy atom. The summed E-state index contributed by atoms with van der Waals surface area (Å²) in [5.41, 5.74) is 5.89. The van der Waals surface area contributed by atoms with E-state index in [1.807, 2.05) is 0 Å². The molecule has 0 heterocycles. The molecule has 118 valence electrons. The number of hydrogen-bond acceptors (Lipinski definition) is 2. The van der Waals surface area contributed by atoms with Gasteiger partial charge in [-0.15, -0.1) is 0 Å². The first-order valence-corrected chi connectivity index (χ1v) is 8.74. The number of nitrogens with one attached hydrogen (secondary N) is 1. The summed E-state index contributed by atoms with van der Waals surface area (Å²) in [5.74, 6) is 0.904. The fourth-order valence-corrected chi connectivity index (χ4v) is 2.98. The lowest BCUT2D eigenvalue weighted by Gasteiger charge is -2.26. The first-order valence-electron chi connectivity index (χ1n) is 8.74. The van der Waals surface area contributed by atoms with Gasteiger partial charge in [-0.2, -0.15) is 0 Å². The Kier molecular flexibility index (Phi) is 9.73.